The number of pyridine rings is 1. The summed E-state index contributed by atoms with van der Waals surface area (Å²) in [6.07, 6.45) is 1.25. The third kappa shape index (κ3) is 6.17. The Kier molecular flexibility index (Phi) is 8.77. The molecule has 1 saturated heterocycles. The minimum absolute atomic E-state index is 0.00405. The van der Waals surface area contributed by atoms with Gasteiger partial charge >= 0.3 is 6.18 Å². The summed E-state index contributed by atoms with van der Waals surface area (Å²) in [6.45, 7) is 3.49. The van der Waals surface area contributed by atoms with Crippen LogP contribution in [0.25, 0.3) is 22.3 Å². The molecule has 0 aliphatic carbocycles. The number of fused-ring (bicyclic) bond motifs is 2. The maximum atomic E-state index is 14.2. The predicted molar refractivity (Wildman–Crippen MR) is 177 cm³/mol. The standard InChI is InChI=1S/C32H30ClF3N10O4/c1-2-23-27(43-9-11-44(12-10-43)29(48)26-25-19(5-8-37-26)16-38-41-25)30(49)46-31(40-28(42-46)18-6-13-50-14-7-18)45(23)17-24(47)39-22-4-3-20(15-21(22)33)32(34,35)36/h3-6,8,15-16H,2,7,9-14,17H2,1H3,(H,38,41)(H,39,47). The van der Waals surface area contributed by atoms with Gasteiger partial charge in [0.05, 0.1) is 46.9 Å². The number of nitrogens with one attached hydrogen (secondary N) is 2. The fourth-order valence-electron chi connectivity index (χ4n) is 6.23. The summed E-state index contributed by atoms with van der Waals surface area (Å²) in [6, 6.07) is 4.42. The number of rotatable bonds is 7. The maximum absolute atomic E-state index is 14.2. The molecule has 0 spiro atoms. The minimum atomic E-state index is -4.60. The van der Waals surface area contributed by atoms with E-state index in [4.69, 9.17) is 16.3 Å². The van der Waals surface area contributed by atoms with Crippen molar-refractivity contribution in [3.05, 3.63) is 80.9 Å². The first kappa shape index (κ1) is 33.2. The van der Waals surface area contributed by atoms with Crippen molar-refractivity contribution in [2.24, 2.45) is 0 Å². The zero-order valence-electron chi connectivity index (χ0n) is 26.6. The summed E-state index contributed by atoms with van der Waals surface area (Å²) < 4.78 is 47.7. The van der Waals surface area contributed by atoms with E-state index in [1.165, 1.54) is 4.52 Å². The van der Waals surface area contributed by atoms with Crippen molar-refractivity contribution in [2.45, 2.75) is 32.5 Å². The predicted octanol–water partition coefficient (Wildman–Crippen LogP) is 3.80. The van der Waals surface area contributed by atoms with E-state index in [9.17, 15) is 27.6 Å². The van der Waals surface area contributed by atoms with Crippen LogP contribution in [0.1, 0.15) is 40.9 Å². The van der Waals surface area contributed by atoms with Crippen molar-refractivity contribution in [3.63, 3.8) is 0 Å². The molecule has 2 amide bonds. The Balaban J connectivity index is 1.22. The minimum Gasteiger partial charge on any atom is -0.377 e. The molecule has 2 N–H and O–H groups in total. The lowest BCUT2D eigenvalue weighted by Crippen LogP contribution is -2.51. The molecule has 2 aliphatic heterocycles. The number of halogens is 4. The third-order valence-electron chi connectivity index (χ3n) is 8.73. The number of piperazine rings is 1. The molecule has 0 bridgehead atoms. The number of alkyl halides is 3. The average Bonchev–Trinajstić information content (AvgIpc) is 3.78. The number of aromatic amines is 1. The van der Waals surface area contributed by atoms with Crippen LogP contribution in [0.3, 0.4) is 0 Å². The lowest BCUT2D eigenvalue weighted by molar-refractivity contribution is -0.137. The van der Waals surface area contributed by atoms with Crippen LogP contribution >= 0.6 is 11.6 Å². The highest BCUT2D eigenvalue weighted by Gasteiger charge is 2.32. The Morgan fingerprint density at radius 2 is 1.94 bits per heavy atom. The number of ether oxygens (including phenoxy) is 1. The van der Waals surface area contributed by atoms with Crippen LogP contribution in [0.4, 0.5) is 24.5 Å². The summed E-state index contributed by atoms with van der Waals surface area (Å²) in [5, 5.41) is 14.5. The molecule has 5 aromatic rings. The zero-order chi connectivity index (χ0) is 35.2. The van der Waals surface area contributed by atoms with Gasteiger partial charge in [-0.25, -0.2) is 4.98 Å². The summed E-state index contributed by atoms with van der Waals surface area (Å²) in [5.74, 6) is -0.435. The number of nitrogens with zero attached hydrogens (tertiary/aromatic N) is 8. The van der Waals surface area contributed by atoms with Crippen molar-refractivity contribution in [1.82, 2.24) is 39.2 Å². The Bertz CT molecular complexity index is 2220. The average molecular weight is 711 g/mol. The highest BCUT2D eigenvalue weighted by molar-refractivity contribution is 6.33. The number of anilines is 2. The van der Waals surface area contributed by atoms with Crippen LogP contribution in [0.5, 0.6) is 0 Å². The van der Waals surface area contributed by atoms with Crippen molar-refractivity contribution >= 4 is 57.0 Å². The van der Waals surface area contributed by atoms with Crippen LogP contribution < -0.4 is 15.8 Å². The van der Waals surface area contributed by atoms with E-state index >= 15 is 0 Å². The molecule has 1 fully saturated rings. The molecule has 0 radical (unpaired) electrons. The van der Waals surface area contributed by atoms with E-state index in [2.05, 4.69) is 30.6 Å². The van der Waals surface area contributed by atoms with Crippen molar-refractivity contribution < 1.29 is 27.5 Å². The molecular weight excluding hydrogens is 681 g/mol. The van der Waals surface area contributed by atoms with Gasteiger partial charge in [0, 0.05) is 37.8 Å². The van der Waals surface area contributed by atoms with Crippen molar-refractivity contribution in [1.29, 1.82) is 0 Å². The van der Waals surface area contributed by atoms with E-state index in [1.807, 2.05) is 17.9 Å². The number of H-pyrrole nitrogens is 1. The molecule has 1 aromatic carbocycles. The fraction of sp³-hybridized carbons (Fsp3) is 0.344. The molecule has 7 rings (SSSR count). The largest absolute Gasteiger partial charge is 0.416 e. The molecule has 0 unspecified atom stereocenters. The molecular formula is C32H30ClF3N10O4. The first-order valence-electron chi connectivity index (χ1n) is 15.8. The Hall–Kier alpha value is -5.29. The number of benzene rings is 1. The Labute approximate surface area is 286 Å². The van der Waals surface area contributed by atoms with Gasteiger partial charge in [0.25, 0.3) is 11.5 Å². The maximum Gasteiger partial charge on any atom is 0.416 e. The van der Waals surface area contributed by atoms with Crippen LogP contribution in [-0.4, -0.2) is 90.5 Å². The van der Waals surface area contributed by atoms with Gasteiger partial charge < -0.3 is 24.4 Å². The van der Waals surface area contributed by atoms with Gasteiger partial charge in [0.15, 0.2) is 11.5 Å². The number of aromatic nitrogens is 7. The highest BCUT2D eigenvalue weighted by Crippen LogP contribution is 2.34. The van der Waals surface area contributed by atoms with E-state index in [0.717, 1.165) is 29.2 Å². The second-order valence-electron chi connectivity index (χ2n) is 11.8. The van der Waals surface area contributed by atoms with Gasteiger partial charge in [0.2, 0.25) is 11.7 Å². The lowest BCUT2D eigenvalue weighted by Gasteiger charge is -2.36. The van der Waals surface area contributed by atoms with Gasteiger partial charge in [-0.15, -0.1) is 5.10 Å². The van der Waals surface area contributed by atoms with Crippen LogP contribution in [0, 0.1) is 0 Å². The summed E-state index contributed by atoms with van der Waals surface area (Å²) in [5.41, 5.74) is 1.00. The molecule has 260 valence electrons. The normalized spacial score (nSPS) is 15.5. The number of hydrogen-bond acceptors (Lipinski definition) is 9. The highest BCUT2D eigenvalue weighted by atomic mass is 35.5. The topological polar surface area (TPSA) is 156 Å². The molecule has 18 heteroatoms. The van der Waals surface area contributed by atoms with E-state index < -0.39 is 23.2 Å². The van der Waals surface area contributed by atoms with Crippen molar-refractivity contribution in [3.8, 4) is 0 Å². The number of amides is 2. The van der Waals surface area contributed by atoms with E-state index in [1.54, 1.807) is 27.9 Å². The number of hydrogen-bond donors (Lipinski definition) is 2. The SMILES string of the molecule is CCc1c(N2CCN(C(=O)c3nccc4cn[nH]c34)CC2)c(=O)n2nc(C3=CCOCC3)nc2n1CC(=O)Nc1ccc(C(F)(F)F)cc1Cl. The van der Waals surface area contributed by atoms with Gasteiger partial charge in [-0.05, 0) is 42.7 Å². The second kappa shape index (κ2) is 13.2. The summed E-state index contributed by atoms with van der Waals surface area (Å²) >= 11 is 6.12. The summed E-state index contributed by atoms with van der Waals surface area (Å²) in [7, 11) is 0. The Morgan fingerprint density at radius 1 is 1.14 bits per heavy atom. The zero-order valence-corrected chi connectivity index (χ0v) is 27.4. The fourth-order valence-corrected chi connectivity index (χ4v) is 6.46. The van der Waals surface area contributed by atoms with E-state index in [0.29, 0.717) is 61.9 Å². The quantitative estimate of drug-likeness (QED) is 0.257. The number of carbonyl (C=O) groups is 2. The van der Waals surface area contributed by atoms with Crippen molar-refractivity contribution in [2.75, 3.05) is 49.6 Å². The molecule has 14 nitrogen and oxygen atoms in total. The van der Waals surface area contributed by atoms with Gasteiger partial charge in [0.1, 0.15) is 12.2 Å². The van der Waals surface area contributed by atoms with Crippen LogP contribution in [0.2, 0.25) is 5.02 Å². The first-order valence-corrected chi connectivity index (χ1v) is 16.2. The number of carbonyl (C=O) groups excluding carboxylic acids is 2. The monoisotopic (exact) mass is 710 g/mol. The molecule has 50 heavy (non-hydrogen) atoms. The smallest absolute Gasteiger partial charge is 0.377 e. The summed E-state index contributed by atoms with van der Waals surface area (Å²) in [4.78, 5) is 53.6. The van der Waals surface area contributed by atoms with Crippen LogP contribution in [0.15, 0.2) is 47.5 Å². The molecule has 2 aliphatic rings. The second-order valence-corrected chi connectivity index (χ2v) is 12.2. The molecule has 0 saturated carbocycles. The third-order valence-corrected chi connectivity index (χ3v) is 9.04. The first-order chi connectivity index (χ1) is 24.0. The Morgan fingerprint density at radius 3 is 2.64 bits per heavy atom. The lowest BCUT2D eigenvalue weighted by atomic mass is 10.1. The van der Waals surface area contributed by atoms with Gasteiger partial charge in [-0.1, -0.05) is 24.6 Å². The van der Waals surface area contributed by atoms with Gasteiger partial charge in [-0.2, -0.15) is 27.8 Å². The van der Waals surface area contributed by atoms with Crippen LogP contribution in [-0.2, 0) is 28.7 Å². The molecule has 0 atom stereocenters. The van der Waals surface area contributed by atoms with Gasteiger partial charge in [-0.3, -0.25) is 19.5 Å². The van der Waals surface area contributed by atoms with E-state index in [-0.39, 0.29) is 47.7 Å². The molecule has 4 aromatic heterocycles. The molecule has 6 heterocycles.